The van der Waals surface area contributed by atoms with E-state index in [1.807, 2.05) is 47.4 Å². The highest BCUT2D eigenvalue weighted by atomic mass is 28.3. The fraction of sp³-hybridized carbons (Fsp3) is 0.444. The van der Waals surface area contributed by atoms with Crippen molar-refractivity contribution in [2.45, 2.75) is 63.2 Å². The third kappa shape index (κ3) is 5.89. The summed E-state index contributed by atoms with van der Waals surface area (Å²) in [6.07, 6.45) is -0.0772. The fourth-order valence-corrected chi connectivity index (χ4v) is 10.9. The second-order valence-electron chi connectivity index (χ2n) is 13.2. The van der Waals surface area contributed by atoms with E-state index in [0.717, 1.165) is 22.6 Å². The van der Waals surface area contributed by atoms with Gasteiger partial charge >= 0.3 is 6.09 Å². The molecule has 0 spiro atoms. The van der Waals surface area contributed by atoms with E-state index in [4.69, 9.17) is 18.9 Å². The molecule has 6 rings (SSSR count). The van der Waals surface area contributed by atoms with Gasteiger partial charge in [-0.25, -0.2) is 4.79 Å². The second-order valence-corrected chi connectivity index (χ2v) is 17.9. The van der Waals surface area contributed by atoms with E-state index in [0.29, 0.717) is 31.9 Å². The molecule has 2 amide bonds. The molecule has 0 radical (unpaired) electrons. The molecule has 0 saturated carbocycles. The van der Waals surface area contributed by atoms with Crippen molar-refractivity contribution < 1.29 is 33.6 Å². The van der Waals surface area contributed by atoms with Crippen LogP contribution in [0.5, 0.6) is 11.5 Å². The zero-order valence-electron chi connectivity index (χ0n) is 27.3. The lowest BCUT2D eigenvalue weighted by molar-refractivity contribution is -0.136. The number of benzene rings is 3. The van der Waals surface area contributed by atoms with Crippen molar-refractivity contribution in [3.8, 4) is 11.5 Å². The largest absolute Gasteiger partial charge is 0.497 e. The Bertz CT molecular complexity index is 1580. The summed E-state index contributed by atoms with van der Waals surface area (Å²) in [6.45, 7) is 7.97. The van der Waals surface area contributed by atoms with Crippen LogP contribution < -0.4 is 19.6 Å². The minimum atomic E-state index is -2.42. The highest BCUT2D eigenvalue weighted by Crippen LogP contribution is 2.48. The molecule has 3 aliphatic rings. The number of aliphatic hydroxyl groups excluding tert-OH is 1. The Kier molecular flexibility index (Phi) is 9.14. The van der Waals surface area contributed by atoms with Gasteiger partial charge in [-0.05, 0) is 47.9 Å². The summed E-state index contributed by atoms with van der Waals surface area (Å²) in [5, 5.41) is 11.6. The monoisotopic (exact) mass is 644 g/mol. The first-order valence-electron chi connectivity index (χ1n) is 16.1. The van der Waals surface area contributed by atoms with E-state index in [1.54, 1.807) is 19.1 Å². The SMILES string of the molecule is COc1ccc([Si](C)(C)C(CC(=O)N2Cc3ccccc3C[C@H]2CO)[C@H]2Oc3ccc(N4CCOC4=O)cc3[C@@H](OC)[C@@H]2C)cc1. The third-order valence-electron chi connectivity index (χ3n) is 10.3. The predicted molar refractivity (Wildman–Crippen MR) is 179 cm³/mol. The van der Waals surface area contributed by atoms with E-state index in [2.05, 4.69) is 44.3 Å². The maximum Gasteiger partial charge on any atom is 0.414 e. The minimum absolute atomic E-state index is 0.0195. The van der Waals surface area contributed by atoms with Crippen LogP contribution in [0.15, 0.2) is 66.7 Å². The van der Waals surface area contributed by atoms with Gasteiger partial charge in [-0.15, -0.1) is 0 Å². The molecule has 3 aliphatic heterocycles. The number of methoxy groups -OCH3 is 2. The zero-order valence-corrected chi connectivity index (χ0v) is 28.3. The summed E-state index contributed by atoms with van der Waals surface area (Å²) in [7, 11) is 0.935. The molecule has 0 aromatic heterocycles. The number of anilines is 1. The van der Waals surface area contributed by atoms with Crippen LogP contribution in [-0.2, 0) is 27.2 Å². The number of cyclic esters (lactones) is 1. The van der Waals surface area contributed by atoms with Crippen LogP contribution >= 0.6 is 0 Å². The van der Waals surface area contributed by atoms with Gasteiger partial charge in [0.25, 0.3) is 0 Å². The summed E-state index contributed by atoms with van der Waals surface area (Å²) < 4.78 is 23.7. The fourth-order valence-electron chi connectivity index (χ4n) is 7.53. The van der Waals surface area contributed by atoms with Gasteiger partial charge in [0.2, 0.25) is 5.91 Å². The topological polar surface area (TPSA) is 97.8 Å². The van der Waals surface area contributed by atoms with E-state index < -0.39 is 8.07 Å². The Morgan fingerprint density at radius 2 is 1.80 bits per heavy atom. The van der Waals surface area contributed by atoms with Gasteiger partial charge in [0, 0.05) is 42.8 Å². The van der Waals surface area contributed by atoms with Gasteiger partial charge in [-0.3, -0.25) is 9.69 Å². The van der Waals surface area contributed by atoms with Gasteiger partial charge in [0.15, 0.2) is 0 Å². The van der Waals surface area contributed by atoms with Crippen molar-refractivity contribution in [3.63, 3.8) is 0 Å². The molecule has 10 heteroatoms. The Morgan fingerprint density at radius 3 is 2.46 bits per heavy atom. The first kappa shape index (κ1) is 32.1. The quantitative estimate of drug-likeness (QED) is 0.326. The highest BCUT2D eigenvalue weighted by molar-refractivity contribution is 6.91. The standard InChI is InChI=1S/C36H44N2O7Si/c1-23-34(43-3)30-19-26(37-16-17-44-36(37)41)10-15-31(30)45-35(23)32(46(4,5)29-13-11-28(42-2)12-14-29)20-33(40)38-21-25-9-7-6-8-24(25)18-27(38)22-39/h6-15,19,23,27,32,34-35,39H,16-18,20-22H2,1-5H3/t23-,27-,32?,34-,35-/m0/s1. The van der Waals surface area contributed by atoms with Gasteiger partial charge in [0.1, 0.15) is 24.2 Å². The summed E-state index contributed by atoms with van der Waals surface area (Å²) in [5.74, 6) is 1.40. The molecule has 1 N–H and O–H groups in total. The molecule has 3 heterocycles. The number of amides is 2. The predicted octanol–water partition coefficient (Wildman–Crippen LogP) is 5.06. The minimum Gasteiger partial charge on any atom is -0.497 e. The average molecular weight is 645 g/mol. The summed E-state index contributed by atoms with van der Waals surface area (Å²) in [5.41, 5.74) is 3.81. The molecular formula is C36H44N2O7Si. The lowest BCUT2D eigenvalue weighted by atomic mass is 9.86. The van der Waals surface area contributed by atoms with E-state index in [-0.39, 0.29) is 54.7 Å². The lowest BCUT2D eigenvalue weighted by Crippen LogP contribution is -2.56. The van der Waals surface area contributed by atoms with Crippen molar-refractivity contribution >= 4 is 30.9 Å². The highest BCUT2D eigenvalue weighted by Gasteiger charge is 2.49. The van der Waals surface area contributed by atoms with Crippen LogP contribution in [-0.4, -0.2) is 76.2 Å². The Morgan fingerprint density at radius 1 is 1.07 bits per heavy atom. The Hall–Kier alpha value is -3.86. The van der Waals surface area contributed by atoms with Crippen molar-refractivity contribution in [1.29, 1.82) is 0 Å². The molecular weight excluding hydrogens is 600 g/mol. The Labute approximate surface area is 272 Å². The van der Waals surface area contributed by atoms with Gasteiger partial charge in [0.05, 0.1) is 40.5 Å². The zero-order chi connectivity index (χ0) is 32.6. The van der Waals surface area contributed by atoms with E-state index >= 15 is 0 Å². The van der Waals surface area contributed by atoms with Gasteiger partial charge < -0.3 is 29.0 Å². The van der Waals surface area contributed by atoms with Gasteiger partial charge in [-0.1, -0.05) is 61.6 Å². The second kappa shape index (κ2) is 13.1. The first-order valence-corrected chi connectivity index (χ1v) is 19.1. The van der Waals surface area contributed by atoms with Crippen molar-refractivity contribution in [2.24, 2.45) is 5.92 Å². The van der Waals surface area contributed by atoms with Crippen LogP contribution in [0.2, 0.25) is 18.6 Å². The van der Waals surface area contributed by atoms with Crippen LogP contribution in [0.3, 0.4) is 0 Å². The number of hydrogen-bond acceptors (Lipinski definition) is 7. The van der Waals surface area contributed by atoms with Crippen LogP contribution in [0.4, 0.5) is 10.5 Å². The van der Waals surface area contributed by atoms with Crippen LogP contribution in [0, 0.1) is 5.92 Å². The molecule has 1 fully saturated rings. The van der Waals surface area contributed by atoms with Gasteiger partial charge in [-0.2, -0.15) is 0 Å². The number of carbonyl (C=O) groups excluding carboxylic acids is 2. The van der Waals surface area contributed by atoms with Crippen molar-refractivity contribution in [2.75, 3.05) is 38.9 Å². The number of carbonyl (C=O) groups is 2. The molecule has 9 nitrogen and oxygen atoms in total. The smallest absolute Gasteiger partial charge is 0.414 e. The first-order chi connectivity index (χ1) is 22.2. The lowest BCUT2D eigenvalue weighted by Gasteiger charge is -2.46. The van der Waals surface area contributed by atoms with Crippen LogP contribution in [0.1, 0.15) is 36.1 Å². The molecule has 3 aromatic carbocycles. The number of nitrogens with zero attached hydrogens (tertiary/aromatic N) is 2. The van der Waals surface area contributed by atoms with Crippen molar-refractivity contribution in [3.05, 3.63) is 83.4 Å². The number of aliphatic hydroxyl groups is 1. The summed E-state index contributed by atoms with van der Waals surface area (Å²) in [4.78, 5) is 30.2. The third-order valence-corrected chi connectivity index (χ3v) is 14.5. The summed E-state index contributed by atoms with van der Waals surface area (Å²) in [6, 6.07) is 21.8. The number of fused-ring (bicyclic) bond motifs is 2. The molecule has 0 bridgehead atoms. The average Bonchev–Trinajstić information content (AvgIpc) is 3.51. The number of hydrogen-bond donors (Lipinski definition) is 1. The maximum absolute atomic E-state index is 14.4. The molecule has 5 atom stereocenters. The normalized spacial score (nSPS) is 23.2. The molecule has 244 valence electrons. The number of ether oxygens (including phenoxy) is 4. The maximum atomic E-state index is 14.4. The summed E-state index contributed by atoms with van der Waals surface area (Å²) >= 11 is 0. The molecule has 46 heavy (non-hydrogen) atoms. The Balaban J connectivity index is 1.36. The molecule has 0 aliphatic carbocycles. The molecule has 3 aromatic rings. The van der Waals surface area contributed by atoms with Crippen molar-refractivity contribution in [1.82, 2.24) is 4.90 Å². The van der Waals surface area contributed by atoms with Crippen LogP contribution in [0.25, 0.3) is 0 Å². The molecule has 1 unspecified atom stereocenters. The van der Waals surface area contributed by atoms with E-state index in [9.17, 15) is 14.7 Å². The molecule has 1 saturated heterocycles. The van der Waals surface area contributed by atoms with E-state index in [1.165, 1.54) is 10.8 Å². The number of rotatable bonds is 9.